The van der Waals surface area contributed by atoms with E-state index in [-0.39, 0.29) is 5.56 Å². The van der Waals surface area contributed by atoms with Crippen molar-refractivity contribution in [1.82, 2.24) is 0 Å². The van der Waals surface area contributed by atoms with Crippen LogP contribution in [0, 0.1) is 13.8 Å². The number of benzene rings is 1. The fourth-order valence-corrected chi connectivity index (χ4v) is 2.84. The molecule has 0 saturated carbocycles. The highest BCUT2D eigenvalue weighted by Gasteiger charge is 2.49. The number of rotatable bonds is 2. The first-order valence-electron chi connectivity index (χ1n) is 4.61. The molecule has 0 bridgehead atoms. The zero-order valence-electron chi connectivity index (χ0n) is 9.05. The van der Waals surface area contributed by atoms with E-state index >= 15 is 0 Å². The Hall–Kier alpha value is -0.750. The third-order valence-electron chi connectivity index (χ3n) is 2.41. The van der Waals surface area contributed by atoms with Gasteiger partial charge in [0.1, 0.15) is 0 Å². The van der Waals surface area contributed by atoms with Crippen LogP contribution in [-0.4, -0.2) is 14.6 Å². The molecule has 1 unspecified atom stereocenters. The molecule has 0 fully saturated rings. The van der Waals surface area contributed by atoms with Gasteiger partial charge in [-0.3, -0.25) is 0 Å². The first-order valence-corrected chi connectivity index (χ1v) is 6.98. The van der Waals surface area contributed by atoms with Crippen molar-refractivity contribution in [1.29, 1.82) is 0 Å². The van der Waals surface area contributed by atoms with Gasteiger partial charge in [-0.05, 0) is 30.5 Å². The first kappa shape index (κ1) is 14.3. The fourth-order valence-electron chi connectivity index (χ4n) is 1.44. The average Bonchev–Trinajstić information content (AvgIpc) is 2.06. The molecule has 1 aromatic rings. The summed E-state index contributed by atoms with van der Waals surface area (Å²) in [7, 11) is 0.105. The van der Waals surface area contributed by atoms with E-state index in [9.17, 15) is 21.6 Å². The van der Waals surface area contributed by atoms with E-state index in [0.29, 0.717) is 5.56 Å². The third-order valence-corrected chi connectivity index (χ3v) is 4.05. The smallest absolute Gasteiger partial charge is 0.211 e. The largest absolute Gasteiger partial charge is 0.410 e. The van der Waals surface area contributed by atoms with Gasteiger partial charge in [0, 0.05) is 10.7 Å². The summed E-state index contributed by atoms with van der Waals surface area (Å²) in [4.78, 5) is 0. The lowest BCUT2D eigenvalue weighted by atomic mass is 10.0. The third kappa shape index (κ3) is 3.35. The molecule has 0 radical (unpaired) electrons. The average molecular weight is 287 g/mol. The maximum absolute atomic E-state index is 12.7. The van der Waals surface area contributed by atoms with Crippen molar-refractivity contribution in [2.75, 3.05) is 0 Å². The summed E-state index contributed by atoms with van der Waals surface area (Å²) in [6, 6.07) is 3.75. The highest BCUT2D eigenvalue weighted by molar-refractivity contribution is 8.14. The molecule has 0 amide bonds. The zero-order valence-corrected chi connectivity index (χ0v) is 10.6. The van der Waals surface area contributed by atoms with Gasteiger partial charge in [-0.1, -0.05) is 18.2 Å². The molecule has 0 aliphatic rings. The van der Waals surface area contributed by atoms with E-state index in [0.717, 1.165) is 11.6 Å². The fraction of sp³-hybridized carbons (Fsp3) is 0.400. The van der Waals surface area contributed by atoms with Crippen LogP contribution in [0.5, 0.6) is 0 Å². The molecule has 1 atom stereocenters. The van der Waals surface area contributed by atoms with Crippen molar-refractivity contribution in [2.45, 2.75) is 25.3 Å². The minimum atomic E-state index is -4.93. The molecule has 0 N–H and O–H groups in total. The minimum Gasteiger partial charge on any atom is -0.211 e. The van der Waals surface area contributed by atoms with Crippen molar-refractivity contribution in [3.63, 3.8) is 0 Å². The molecule has 7 heteroatoms. The van der Waals surface area contributed by atoms with Crippen LogP contribution in [0.3, 0.4) is 0 Å². The molecule has 0 heterocycles. The van der Waals surface area contributed by atoms with E-state index in [1.165, 1.54) is 12.1 Å². The lowest BCUT2D eigenvalue weighted by Gasteiger charge is -2.18. The Bertz CT molecular complexity index is 523. The molecule has 0 spiro atoms. The van der Waals surface area contributed by atoms with Crippen LogP contribution in [0.25, 0.3) is 0 Å². The van der Waals surface area contributed by atoms with Crippen LogP contribution in [0.2, 0.25) is 0 Å². The van der Waals surface area contributed by atoms with E-state index < -0.39 is 20.5 Å². The van der Waals surface area contributed by atoms with Crippen molar-refractivity contribution in [3.05, 3.63) is 34.9 Å². The van der Waals surface area contributed by atoms with Gasteiger partial charge in [0.05, 0.1) is 0 Å². The van der Waals surface area contributed by atoms with Gasteiger partial charge in [0.25, 0.3) is 0 Å². The molecule has 17 heavy (non-hydrogen) atoms. The molecular formula is C10H10ClF3O2S. The quantitative estimate of drug-likeness (QED) is 0.780. The van der Waals surface area contributed by atoms with Crippen LogP contribution < -0.4 is 0 Å². The second-order valence-electron chi connectivity index (χ2n) is 3.74. The summed E-state index contributed by atoms with van der Waals surface area (Å²) in [5.74, 6) is 0. The van der Waals surface area contributed by atoms with Crippen LogP contribution >= 0.6 is 10.7 Å². The molecular weight excluding hydrogens is 277 g/mol. The molecule has 0 saturated heterocycles. The highest BCUT2D eigenvalue weighted by Crippen LogP contribution is 2.41. The Balaban J connectivity index is 3.39. The lowest BCUT2D eigenvalue weighted by Crippen LogP contribution is -2.25. The highest BCUT2D eigenvalue weighted by atomic mass is 35.7. The topological polar surface area (TPSA) is 34.1 Å². The van der Waals surface area contributed by atoms with Crippen molar-refractivity contribution in [3.8, 4) is 0 Å². The van der Waals surface area contributed by atoms with Gasteiger partial charge in [0.2, 0.25) is 9.05 Å². The van der Waals surface area contributed by atoms with Crippen molar-refractivity contribution in [2.24, 2.45) is 0 Å². The van der Waals surface area contributed by atoms with Crippen LogP contribution in [0.15, 0.2) is 18.2 Å². The molecule has 1 aromatic carbocycles. The Labute approximate surface area is 102 Å². The summed E-state index contributed by atoms with van der Waals surface area (Å²) >= 11 is 0. The first-order chi connectivity index (χ1) is 7.53. The number of alkyl halides is 3. The Morgan fingerprint density at radius 2 is 1.71 bits per heavy atom. The maximum Gasteiger partial charge on any atom is 0.410 e. The molecule has 96 valence electrons. The Morgan fingerprint density at radius 1 is 1.18 bits per heavy atom. The number of hydrogen-bond acceptors (Lipinski definition) is 2. The Kier molecular flexibility index (Phi) is 3.78. The van der Waals surface area contributed by atoms with E-state index in [4.69, 9.17) is 10.7 Å². The monoisotopic (exact) mass is 286 g/mol. The maximum atomic E-state index is 12.7. The van der Waals surface area contributed by atoms with E-state index in [1.807, 2.05) is 0 Å². The SMILES string of the molecule is Cc1ccc(C(C(F)(F)F)S(=O)(=O)Cl)cc1C. The van der Waals surface area contributed by atoms with Gasteiger partial charge in [-0.25, -0.2) is 8.42 Å². The van der Waals surface area contributed by atoms with Crippen LogP contribution in [0.1, 0.15) is 21.9 Å². The van der Waals surface area contributed by atoms with E-state index in [2.05, 4.69) is 0 Å². The summed E-state index contributed by atoms with van der Waals surface area (Å²) in [5.41, 5.74) is 0.995. The van der Waals surface area contributed by atoms with Gasteiger partial charge >= 0.3 is 6.18 Å². The van der Waals surface area contributed by atoms with E-state index in [1.54, 1.807) is 13.8 Å². The Morgan fingerprint density at radius 3 is 2.06 bits per heavy atom. The molecule has 0 aromatic heterocycles. The standard InChI is InChI=1S/C10H10ClF3O2S/c1-6-3-4-8(5-7(6)2)9(10(12,13)14)17(11,15)16/h3-5,9H,1-2H3. The van der Waals surface area contributed by atoms with Gasteiger partial charge in [0.15, 0.2) is 5.25 Å². The normalized spacial score (nSPS) is 14.7. The molecule has 2 nitrogen and oxygen atoms in total. The van der Waals surface area contributed by atoms with Gasteiger partial charge in [-0.15, -0.1) is 0 Å². The second kappa shape index (κ2) is 4.49. The zero-order chi connectivity index (χ0) is 13.4. The van der Waals surface area contributed by atoms with Crippen molar-refractivity contribution < 1.29 is 21.6 Å². The molecule has 1 rings (SSSR count). The predicted molar refractivity (Wildman–Crippen MR) is 59.5 cm³/mol. The summed E-state index contributed by atoms with van der Waals surface area (Å²) < 4.78 is 60.1. The summed E-state index contributed by atoms with van der Waals surface area (Å²) in [5, 5.41) is -2.68. The minimum absolute atomic E-state index is 0.365. The summed E-state index contributed by atoms with van der Waals surface area (Å²) in [6.45, 7) is 3.32. The van der Waals surface area contributed by atoms with Crippen molar-refractivity contribution >= 4 is 19.7 Å². The molecule has 0 aliphatic carbocycles. The predicted octanol–water partition coefficient (Wildman–Crippen LogP) is 3.48. The number of hydrogen-bond donors (Lipinski definition) is 0. The summed E-state index contributed by atoms with van der Waals surface area (Å²) in [6.07, 6.45) is -4.93. The van der Waals surface area contributed by atoms with Crippen LogP contribution in [-0.2, 0) is 9.05 Å². The second-order valence-corrected chi connectivity index (χ2v) is 6.45. The van der Waals surface area contributed by atoms with Gasteiger partial charge in [-0.2, -0.15) is 13.2 Å². The molecule has 0 aliphatic heterocycles. The number of aryl methyl sites for hydroxylation is 2. The van der Waals surface area contributed by atoms with Gasteiger partial charge < -0.3 is 0 Å². The van der Waals surface area contributed by atoms with Crippen LogP contribution in [0.4, 0.5) is 13.2 Å². The number of halogens is 4. The lowest BCUT2D eigenvalue weighted by molar-refractivity contribution is -0.131.